The second-order valence-corrected chi connectivity index (χ2v) is 9.33. The number of hydrogen-bond acceptors (Lipinski definition) is 3. The molecule has 0 aromatic heterocycles. The van der Waals surface area contributed by atoms with Crippen LogP contribution >= 0.6 is 15.9 Å². The number of nitrogens with one attached hydrogen (secondary N) is 1. The molecule has 2 heterocycles. The molecule has 1 saturated carbocycles. The van der Waals surface area contributed by atoms with Gasteiger partial charge in [0.1, 0.15) is 6.42 Å². The molecule has 1 aromatic rings. The Balaban J connectivity index is 1.48. The zero-order chi connectivity index (χ0) is 19.5. The lowest BCUT2D eigenvalue weighted by Gasteiger charge is -2.42. The summed E-state index contributed by atoms with van der Waals surface area (Å²) in [6, 6.07) is 6.63. The van der Waals surface area contributed by atoms with E-state index in [0.29, 0.717) is 6.04 Å². The van der Waals surface area contributed by atoms with Gasteiger partial charge in [0.15, 0.2) is 0 Å². The lowest BCUT2D eigenvalue weighted by Crippen LogP contribution is -2.50. The zero-order valence-corrected chi connectivity index (χ0v) is 18.0. The van der Waals surface area contributed by atoms with E-state index in [9.17, 15) is 9.59 Å². The largest absolute Gasteiger partial charge is 0.324 e. The maximum Gasteiger partial charge on any atom is 0.236 e. The number of carbonyl (C=O) groups excluding carboxylic acids is 2. The van der Waals surface area contributed by atoms with Crippen molar-refractivity contribution in [3.8, 4) is 0 Å². The Labute approximate surface area is 176 Å². The van der Waals surface area contributed by atoms with Crippen LogP contribution in [0.3, 0.4) is 0 Å². The predicted molar refractivity (Wildman–Crippen MR) is 116 cm³/mol. The molecule has 0 radical (unpaired) electrons. The second kappa shape index (κ2) is 8.95. The predicted octanol–water partition coefficient (Wildman–Crippen LogP) is 4.70. The maximum absolute atomic E-state index is 12.9. The normalized spacial score (nSPS) is 23.5. The highest BCUT2D eigenvalue weighted by Gasteiger charge is 2.35. The quantitative estimate of drug-likeness (QED) is 0.668. The second-order valence-electron chi connectivity index (χ2n) is 8.42. The third-order valence-corrected chi connectivity index (χ3v) is 7.02. The zero-order valence-electron chi connectivity index (χ0n) is 16.5. The van der Waals surface area contributed by atoms with E-state index in [2.05, 4.69) is 26.1 Å². The van der Waals surface area contributed by atoms with Crippen LogP contribution in [0.2, 0.25) is 0 Å². The molecule has 0 spiro atoms. The van der Waals surface area contributed by atoms with E-state index in [0.717, 1.165) is 41.8 Å². The average Bonchev–Trinajstić information content (AvgIpc) is 2.76. The third kappa shape index (κ3) is 4.43. The Bertz CT molecular complexity index is 722. The van der Waals surface area contributed by atoms with Gasteiger partial charge in [0, 0.05) is 29.6 Å². The third-order valence-electron chi connectivity index (χ3n) is 6.53. The Kier molecular flexibility index (Phi) is 6.36. The average molecular weight is 448 g/mol. The fraction of sp³-hybridized carbons (Fsp3) is 0.636. The number of carbonyl (C=O) groups is 2. The van der Waals surface area contributed by atoms with Crippen molar-refractivity contribution in [2.45, 2.75) is 76.3 Å². The molecule has 0 bridgehead atoms. The Morgan fingerprint density at radius 2 is 1.57 bits per heavy atom. The first kappa shape index (κ1) is 19.9. The van der Waals surface area contributed by atoms with Gasteiger partial charge < -0.3 is 15.1 Å². The fourth-order valence-electron chi connectivity index (χ4n) is 5.07. The molecule has 0 atom stereocenters. The Morgan fingerprint density at radius 1 is 0.893 bits per heavy atom. The van der Waals surface area contributed by atoms with Crippen molar-refractivity contribution < 1.29 is 9.59 Å². The summed E-state index contributed by atoms with van der Waals surface area (Å²) in [5.41, 5.74) is 1.57. The monoisotopic (exact) mass is 447 g/mol. The number of anilines is 2. The summed E-state index contributed by atoms with van der Waals surface area (Å²) in [6.45, 7) is 2.09. The van der Waals surface area contributed by atoms with Crippen molar-refractivity contribution in [2.75, 3.05) is 23.3 Å². The van der Waals surface area contributed by atoms with Gasteiger partial charge in [0.05, 0.1) is 11.4 Å². The van der Waals surface area contributed by atoms with Crippen molar-refractivity contribution in [1.82, 2.24) is 4.90 Å². The van der Waals surface area contributed by atoms with E-state index < -0.39 is 0 Å². The van der Waals surface area contributed by atoms with E-state index in [1.165, 1.54) is 44.9 Å². The van der Waals surface area contributed by atoms with Crippen LogP contribution in [0.25, 0.3) is 0 Å². The van der Waals surface area contributed by atoms with E-state index >= 15 is 0 Å². The molecular weight excluding hydrogens is 418 g/mol. The van der Waals surface area contributed by atoms with Crippen LogP contribution in [-0.2, 0) is 9.59 Å². The highest BCUT2D eigenvalue weighted by Crippen LogP contribution is 2.36. The van der Waals surface area contributed by atoms with Crippen molar-refractivity contribution in [3.63, 3.8) is 0 Å². The maximum atomic E-state index is 12.9. The molecule has 1 N–H and O–H groups in total. The van der Waals surface area contributed by atoms with Crippen molar-refractivity contribution in [2.24, 2.45) is 0 Å². The van der Waals surface area contributed by atoms with Crippen molar-refractivity contribution in [3.05, 3.63) is 22.7 Å². The summed E-state index contributed by atoms with van der Waals surface area (Å²) in [7, 11) is 0. The van der Waals surface area contributed by atoms with Crippen LogP contribution in [0, 0.1) is 0 Å². The van der Waals surface area contributed by atoms with Crippen LogP contribution in [0.1, 0.15) is 64.2 Å². The highest BCUT2D eigenvalue weighted by atomic mass is 79.9. The van der Waals surface area contributed by atoms with Crippen LogP contribution in [0.5, 0.6) is 0 Å². The number of amides is 2. The van der Waals surface area contributed by atoms with Gasteiger partial charge >= 0.3 is 0 Å². The van der Waals surface area contributed by atoms with Gasteiger partial charge in [-0.15, -0.1) is 0 Å². The van der Waals surface area contributed by atoms with Crippen LogP contribution in [-0.4, -0.2) is 41.9 Å². The first-order valence-corrected chi connectivity index (χ1v) is 11.6. The summed E-state index contributed by atoms with van der Waals surface area (Å²) in [4.78, 5) is 29.6. The molecule has 2 fully saturated rings. The SMILES string of the molecule is O=C1CC(=O)N(C2CCN(C3CCCCCCC3)CC2)c2cc(Br)ccc2N1. The number of benzene rings is 1. The molecule has 6 heteroatoms. The smallest absolute Gasteiger partial charge is 0.236 e. The molecule has 152 valence electrons. The first-order valence-electron chi connectivity index (χ1n) is 10.8. The summed E-state index contributed by atoms with van der Waals surface area (Å²) in [6.07, 6.45) is 11.4. The standard InChI is InChI=1S/C22H30BrN3O2/c23-16-8-9-19-20(14-16)26(22(28)15-21(27)24-19)18-10-12-25(13-11-18)17-6-4-2-1-3-5-7-17/h8-9,14,17-18H,1-7,10-13,15H2,(H,24,27). The number of hydrogen-bond donors (Lipinski definition) is 1. The van der Waals surface area contributed by atoms with Gasteiger partial charge in [-0.25, -0.2) is 0 Å². The molecule has 4 rings (SSSR count). The fourth-order valence-corrected chi connectivity index (χ4v) is 5.42. The number of nitrogens with zero attached hydrogens (tertiary/aromatic N) is 2. The summed E-state index contributed by atoms with van der Waals surface area (Å²) in [5, 5.41) is 2.89. The summed E-state index contributed by atoms with van der Waals surface area (Å²) in [5.74, 6) is -0.304. The number of likely N-dealkylation sites (tertiary alicyclic amines) is 1. The van der Waals surface area contributed by atoms with E-state index in [1.54, 1.807) is 0 Å². The molecule has 1 aromatic carbocycles. The topological polar surface area (TPSA) is 52.7 Å². The Hall–Kier alpha value is -1.40. The molecule has 2 aliphatic heterocycles. The van der Waals surface area contributed by atoms with E-state index in [1.807, 2.05) is 23.1 Å². The number of piperidine rings is 1. The van der Waals surface area contributed by atoms with Crippen molar-refractivity contribution >= 4 is 39.1 Å². The molecule has 2 amide bonds. The minimum Gasteiger partial charge on any atom is -0.324 e. The minimum absolute atomic E-state index is 0.0743. The van der Waals surface area contributed by atoms with E-state index in [-0.39, 0.29) is 24.3 Å². The van der Waals surface area contributed by atoms with Crippen molar-refractivity contribution in [1.29, 1.82) is 0 Å². The lowest BCUT2D eigenvalue weighted by atomic mass is 9.93. The van der Waals surface area contributed by atoms with Gasteiger partial charge in [-0.3, -0.25) is 9.59 Å². The minimum atomic E-state index is -0.219. The van der Waals surface area contributed by atoms with Gasteiger partial charge in [-0.2, -0.15) is 0 Å². The van der Waals surface area contributed by atoms with Gasteiger partial charge in [0.2, 0.25) is 11.8 Å². The molecule has 3 aliphatic rings. The molecule has 1 saturated heterocycles. The Morgan fingerprint density at radius 3 is 2.29 bits per heavy atom. The molecule has 28 heavy (non-hydrogen) atoms. The molecular formula is C22H30BrN3O2. The first-order chi connectivity index (χ1) is 13.6. The van der Waals surface area contributed by atoms with Gasteiger partial charge in [-0.1, -0.05) is 48.0 Å². The van der Waals surface area contributed by atoms with Crippen LogP contribution in [0.15, 0.2) is 22.7 Å². The van der Waals surface area contributed by atoms with Crippen LogP contribution in [0.4, 0.5) is 11.4 Å². The molecule has 1 aliphatic carbocycles. The molecule has 5 nitrogen and oxygen atoms in total. The number of fused-ring (bicyclic) bond motifs is 1. The number of rotatable bonds is 2. The summed E-state index contributed by atoms with van der Waals surface area (Å²) >= 11 is 3.52. The number of halogens is 1. The lowest BCUT2D eigenvalue weighted by molar-refractivity contribution is -0.125. The van der Waals surface area contributed by atoms with Gasteiger partial charge in [-0.05, 0) is 43.9 Å². The molecule has 0 unspecified atom stereocenters. The highest BCUT2D eigenvalue weighted by molar-refractivity contribution is 9.10. The van der Waals surface area contributed by atoms with E-state index in [4.69, 9.17) is 0 Å². The summed E-state index contributed by atoms with van der Waals surface area (Å²) < 4.78 is 0.923. The van der Waals surface area contributed by atoms with Gasteiger partial charge in [0.25, 0.3) is 0 Å². The van der Waals surface area contributed by atoms with Crippen LogP contribution < -0.4 is 10.2 Å².